The molecule has 6 nitrogen and oxygen atoms in total. The van der Waals surface area contributed by atoms with Gasteiger partial charge in [0.05, 0.1) is 22.2 Å². The van der Waals surface area contributed by atoms with Gasteiger partial charge in [-0.05, 0) is 36.0 Å². The normalized spacial score (nSPS) is 21.8. The van der Waals surface area contributed by atoms with Gasteiger partial charge >= 0.3 is 0 Å². The number of nitrogens with zero attached hydrogens (tertiary/aromatic N) is 1. The molecule has 3 unspecified atom stereocenters. The average molecular weight is 391 g/mol. The number of non-ortho nitro benzene ring substituents is 1. The largest absolute Gasteiger partial charge is 0.377 e. The van der Waals surface area contributed by atoms with E-state index < -0.39 is 0 Å². The van der Waals surface area contributed by atoms with Crippen LogP contribution in [0, 0.1) is 16.0 Å². The highest BCUT2D eigenvalue weighted by Gasteiger charge is 2.39. The number of carbonyl (C=O) groups excluding carboxylic acids is 1. The number of para-hydroxylation sites is 1. The van der Waals surface area contributed by atoms with Crippen molar-refractivity contribution in [1.29, 1.82) is 0 Å². The monoisotopic (exact) mass is 391 g/mol. The van der Waals surface area contributed by atoms with E-state index in [0.717, 1.165) is 36.1 Å². The first-order chi connectivity index (χ1) is 14.1. The van der Waals surface area contributed by atoms with Crippen LogP contribution in [-0.2, 0) is 0 Å². The number of nitrogens with one attached hydrogen (secondary N) is 2. The quantitative estimate of drug-likeness (QED) is 0.316. The second kappa shape index (κ2) is 8.07. The number of unbranched alkanes of at least 4 members (excludes halogenated alkanes) is 1. The van der Waals surface area contributed by atoms with Crippen LogP contribution in [0.4, 0.5) is 11.4 Å². The van der Waals surface area contributed by atoms with Crippen LogP contribution in [0.25, 0.3) is 0 Å². The number of benzene rings is 2. The Labute approximate surface area is 170 Å². The molecule has 2 aromatic carbocycles. The molecule has 2 aliphatic rings. The predicted molar refractivity (Wildman–Crippen MR) is 113 cm³/mol. The minimum atomic E-state index is -0.364. The standard InChI is InChI=1S/C23H25N3O3/c1-2-3-13-24-23(27)20-12-6-11-19-17-9-5-10-18(17)21(25-22(19)20)15-7-4-8-16(14-15)26(28)29/h4-9,11-12,14,17-18,21,25H,2-3,10,13H2,1H3,(H,24,27). The minimum Gasteiger partial charge on any atom is -0.377 e. The summed E-state index contributed by atoms with van der Waals surface area (Å²) in [5.74, 6) is 0.378. The van der Waals surface area contributed by atoms with Gasteiger partial charge in [-0.1, -0.05) is 49.8 Å². The molecule has 3 atom stereocenters. The molecule has 2 aromatic rings. The van der Waals surface area contributed by atoms with Crippen LogP contribution < -0.4 is 10.6 Å². The highest BCUT2D eigenvalue weighted by molar-refractivity contribution is 6.00. The van der Waals surface area contributed by atoms with E-state index in [1.54, 1.807) is 12.1 Å². The molecule has 1 amide bonds. The van der Waals surface area contributed by atoms with Crippen molar-refractivity contribution >= 4 is 17.3 Å². The molecular formula is C23H25N3O3. The summed E-state index contributed by atoms with van der Waals surface area (Å²) < 4.78 is 0. The Morgan fingerprint density at radius 2 is 2.10 bits per heavy atom. The summed E-state index contributed by atoms with van der Waals surface area (Å²) in [4.78, 5) is 23.7. The first-order valence-electron chi connectivity index (χ1n) is 10.2. The molecule has 0 fully saturated rings. The third kappa shape index (κ3) is 3.62. The second-order valence-electron chi connectivity index (χ2n) is 7.71. The zero-order chi connectivity index (χ0) is 20.4. The summed E-state index contributed by atoms with van der Waals surface area (Å²) in [5.41, 5.74) is 3.56. The number of amides is 1. The highest BCUT2D eigenvalue weighted by atomic mass is 16.6. The van der Waals surface area contributed by atoms with Crippen molar-refractivity contribution < 1.29 is 9.72 Å². The summed E-state index contributed by atoms with van der Waals surface area (Å²) in [6.07, 6.45) is 7.24. The fraction of sp³-hybridized carbons (Fsp3) is 0.348. The summed E-state index contributed by atoms with van der Waals surface area (Å²) in [6.45, 7) is 2.74. The number of hydrogen-bond donors (Lipinski definition) is 2. The van der Waals surface area contributed by atoms with E-state index in [0.29, 0.717) is 12.1 Å². The number of hydrogen-bond acceptors (Lipinski definition) is 4. The van der Waals surface area contributed by atoms with Crippen molar-refractivity contribution in [3.8, 4) is 0 Å². The molecule has 0 saturated carbocycles. The third-order valence-electron chi connectivity index (χ3n) is 5.90. The zero-order valence-corrected chi connectivity index (χ0v) is 16.4. The lowest BCUT2D eigenvalue weighted by Gasteiger charge is -2.38. The van der Waals surface area contributed by atoms with Crippen LogP contribution in [0.1, 0.15) is 59.6 Å². The van der Waals surface area contributed by atoms with Crippen LogP contribution in [-0.4, -0.2) is 17.4 Å². The average Bonchev–Trinajstić information content (AvgIpc) is 3.23. The summed E-state index contributed by atoms with van der Waals surface area (Å²) >= 11 is 0. The van der Waals surface area contributed by atoms with E-state index in [-0.39, 0.29) is 34.4 Å². The maximum atomic E-state index is 12.8. The van der Waals surface area contributed by atoms with E-state index >= 15 is 0 Å². The predicted octanol–water partition coefficient (Wildman–Crippen LogP) is 4.95. The second-order valence-corrected chi connectivity index (χ2v) is 7.71. The summed E-state index contributed by atoms with van der Waals surface area (Å²) in [7, 11) is 0. The molecule has 150 valence electrons. The summed E-state index contributed by atoms with van der Waals surface area (Å²) in [6, 6.07) is 12.6. The first kappa shape index (κ1) is 19.2. The molecule has 0 saturated heterocycles. The lowest BCUT2D eigenvalue weighted by atomic mass is 9.76. The van der Waals surface area contributed by atoms with Crippen LogP contribution in [0.5, 0.6) is 0 Å². The van der Waals surface area contributed by atoms with Crippen molar-refractivity contribution in [2.45, 2.75) is 38.1 Å². The number of nitro groups is 1. The zero-order valence-electron chi connectivity index (χ0n) is 16.4. The molecule has 6 heteroatoms. The van der Waals surface area contributed by atoms with Crippen LogP contribution in [0.2, 0.25) is 0 Å². The van der Waals surface area contributed by atoms with Crippen molar-refractivity contribution in [3.05, 3.63) is 81.4 Å². The maximum absolute atomic E-state index is 12.8. The van der Waals surface area contributed by atoms with E-state index in [2.05, 4.69) is 35.8 Å². The number of rotatable bonds is 6. The SMILES string of the molecule is CCCCNC(=O)c1cccc2c1NC(c1cccc([N+](=O)[O-])c1)C1CC=CC21. The van der Waals surface area contributed by atoms with E-state index in [9.17, 15) is 14.9 Å². The first-order valence-corrected chi connectivity index (χ1v) is 10.2. The lowest BCUT2D eigenvalue weighted by Crippen LogP contribution is -2.32. The van der Waals surface area contributed by atoms with Gasteiger partial charge < -0.3 is 10.6 Å². The number of carbonyl (C=O) groups is 1. The van der Waals surface area contributed by atoms with Crippen LogP contribution in [0.3, 0.4) is 0 Å². The van der Waals surface area contributed by atoms with Gasteiger partial charge in [-0.25, -0.2) is 0 Å². The number of fused-ring (bicyclic) bond motifs is 3. The van der Waals surface area contributed by atoms with Crippen molar-refractivity contribution in [3.63, 3.8) is 0 Å². The van der Waals surface area contributed by atoms with Crippen LogP contribution >= 0.6 is 0 Å². The Bertz CT molecular complexity index is 970. The van der Waals surface area contributed by atoms with Crippen molar-refractivity contribution in [1.82, 2.24) is 5.32 Å². The fourth-order valence-electron chi connectivity index (χ4n) is 4.45. The lowest BCUT2D eigenvalue weighted by molar-refractivity contribution is -0.384. The molecule has 0 bridgehead atoms. The molecule has 1 heterocycles. The molecule has 1 aliphatic heterocycles. The smallest absolute Gasteiger partial charge is 0.269 e. The van der Waals surface area contributed by atoms with E-state index in [1.165, 1.54) is 6.07 Å². The molecule has 1 aliphatic carbocycles. The molecule has 2 N–H and O–H groups in total. The summed E-state index contributed by atoms with van der Waals surface area (Å²) in [5, 5.41) is 17.8. The fourth-order valence-corrected chi connectivity index (χ4v) is 4.45. The van der Waals surface area contributed by atoms with Gasteiger partial charge in [-0.2, -0.15) is 0 Å². The van der Waals surface area contributed by atoms with E-state index in [4.69, 9.17) is 0 Å². The number of allylic oxidation sites excluding steroid dienone is 2. The van der Waals surface area contributed by atoms with Crippen molar-refractivity contribution in [2.75, 3.05) is 11.9 Å². The number of anilines is 1. The van der Waals surface area contributed by atoms with E-state index in [1.807, 2.05) is 18.2 Å². The number of nitro benzene ring substituents is 1. The molecule has 4 rings (SSSR count). The van der Waals surface area contributed by atoms with Gasteiger partial charge in [0.2, 0.25) is 0 Å². The van der Waals surface area contributed by atoms with Crippen LogP contribution in [0.15, 0.2) is 54.6 Å². The molecule has 0 radical (unpaired) electrons. The van der Waals surface area contributed by atoms with Gasteiger partial charge in [0.1, 0.15) is 0 Å². The Morgan fingerprint density at radius 1 is 1.28 bits per heavy atom. The Balaban J connectivity index is 1.71. The molecule has 0 spiro atoms. The molecule has 29 heavy (non-hydrogen) atoms. The van der Waals surface area contributed by atoms with Gasteiger partial charge in [-0.3, -0.25) is 14.9 Å². The van der Waals surface area contributed by atoms with Gasteiger partial charge in [0.25, 0.3) is 11.6 Å². The molecular weight excluding hydrogens is 366 g/mol. The Morgan fingerprint density at radius 3 is 2.90 bits per heavy atom. The van der Waals surface area contributed by atoms with Gasteiger partial charge in [0.15, 0.2) is 0 Å². The van der Waals surface area contributed by atoms with Gasteiger partial charge in [0, 0.05) is 24.6 Å². The van der Waals surface area contributed by atoms with Crippen molar-refractivity contribution in [2.24, 2.45) is 5.92 Å². The Hall–Kier alpha value is -3.15. The van der Waals surface area contributed by atoms with Gasteiger partial charge in [-0.15, -0.1) is 0 Å². The minimum absolute atomic E-state index is 0.0824. The highest BCUT2D eigenvalue weighted by Crippen LogP contribution is 2.50. The Kier molecular flexibility index (Phi) is 5.34. The molecule has 0 aromatic heterocycles. The topological polar surface area (TPSA) is 84.3 Å². The third-order valence-corrected chi connectivity index (χ3v) is 5.90. The maximum Gasteiger partial charge on any atom is 0.269 e.